The highest BCUT2D eigenvalue weighted by Crippen LogP contribution is 2.49. The van der Waals surface area contributed by atoms with Gasteiger partial charge in [-0.2, -0.15) is 0 Å². The minimum absolute atomic E-state index is 0.982. The second-order valence-electron chi connectivity index (χ2n) is 17.8. The van der Waals surface area contributed by atoms with Crippen molar-refractivity contribution in [3.8, 4) is 44.6 Å². The summed E-state index contributed by atoms with van der Waals surface area (Å²) in [5.41, 5.74) is 10.5. The van der Waals surface area contributed by atoms with Gasteiger partial charge in [0.05, 0.1) is 11.2 Å². The fraction of sp³-hybridized carbons (Fsp3) is 0. The van der Waals surface area contributed by atoms with Crippen molar-refractivity contribution in [2.45, 2.75) is 0 Å². The van der Waals surface area contributed by atoms with Crippen molar-refractivity contribution in [3.63, 3.8) is 0 Å². The van der Waals surface area contributed by atoms with Gasteiger partial charge in [0.2, 0.25) is 0 Å². The minimum atomic E-state index is 0.982. The standard InChI is InChI=1S/C65H39N/c1-6-18-51-40(13-1)25-26-41-32-34-62(66-65(41)51)48-30-29-42-35-43(27-28-44(42)36-48)45-31-33-58-61(37-45)64(60-39-47-15-3-5-17-50(47)53-20-8-10-22-55(53)60)57-24-12-11-23-56(57)63(58)59-38-46-14-2-4-16-49(46)52-19-7-9-21-54(52)59/h1-39H. The molecule has 0 aliphatic heterocycles. The zero-order chi connectivity index (χ0) is 43.3. The lowest BCUT2D eigenvalue weighted by Gasteiger charge is -2.21. The smallest absolute Gasteiger partial charge is 0.0787 e. The summed E-state index contributed by atoms with van der Waals surface area (Å²) in [5, 5.41) is 21.0. The number of fused-ring (bicyclic) bond motifs is 12. The van der Waals surface area contributed by atoms with Gasteiger partial charge >= 0.3 is 0 Å². The molecule has 0 bridgehead atoms. The molecule has 0 radical (unpaired) electrons. The van der Waals surface area contributed by atoms with Crippen LogP contribution >= 0.6 is 0 Å². The summed E-state index contributed by atoms with van der Waals surface area (Å²) in [7, 11) is 0. The molecule has 0 aliphatic carbocycles. The molecule has 0 N–H and O–H groups in total. The van der Waals surface area contributed by atoms with Crippen molar-refractivity contribution in [2.24, 2.45) is 0 Å². The summed E-state index contributed by atoms with van der Waals surface area (Å²) >= 11 is 0. The van der Waals surface area contributed by atoms with Gasteiger partial charge in [-0.25, -0.2) is 4.98 Å². The van der Waals surface area contributed by atoms with Gasteiger partial charge in [-0.3, -0.25) is 0 Å². The van der Waals surface area contributed by atoms with Crippen molar-refractivity contribution < 1.29 is 0 Å². The first kappa shape index (κ1) is 36.8. The highest BCUT2D eigenvalue weighted by molar-refractivity contribution is 6.28. The van der Waals surface area contributed by atoms with E-state index in [0.717, 1.165) is 22.2 Å². The molecule has 14 rings (SSSR count). The van der Waals surface area contributed by atoms with E-state index in [4.69, 9.17) is 4.98 Å². The topological polar surface area (TPSA) is 12.9 Å². The monoisotopic (exact) mass is 833 g/mol. The van der Waals surface area contributed by atoms with Gasteiger partial charge in [0.25, 0.3) is 0 Å². The summed E-state index contributed by atoms with van der Waals surface area (Å²) in [6.45, 7) is 0. The lowest BCUT2D eigenvalue weighted by atomic mass is 9.81. The first-order valence-electron chi connectivity index (χ1n) is 22.9. The van der Waals surface area contributed by atoms with Gasteiger partial charge in [-0.15, -0.1) is 0 Å². The van der Waals surface area contributed by atoms with Gasteiger partial charge in [0, 0.05) is 16.3 Å². The molecular weight excluding hydrogens is 795 g/mol. The van der Waals surface area contributed by atoms with Crippen LogP contribution < -0.4 is 0 Å². The normalized spacial score (nSPS) is 11.9. The molecule has 13 aromatic carbocycles. The maximum atomic E-state index is 5.23. The maximum absolute atomic E-state index is 5.23. The van der Waals surface area contributed by atoms with Gasteiger partial charge in [0.15, 0.2) is 0 Å². The Hall–Kier alpha value is -8.65. The Bertz CT molecular complexity index is 4350. The molecule has 66 heavy (non-hydrogen) atoms. The number of benzene rings is 13. The Balaban J connectivity index is 1.01. The van der Waals surface area contributed by atoms with Crippen molar-refractivity contribution in [2.75, 3.05) is 0 Å². The van der Waals surface area contributed by atoms with Crippen LogP contribution in [0.15, 0.2) is 237 Å². The molecule has 0 saturated heterocycles. The van der Waals surface area contributed by atoms with Crippen LogP contribution in [0.3, 0.4) is 0 Å². The summed E-state index contributed by atoms with van der Waals surface area (Å²) in [4.78, 5) is 5.23. The Morgan fingerprint density at radius 3 is 1.26 bits per heavy atom. The molecule has 0 unspecified atom stereocenters. The average molecular weight is 834 g/mol. The molecule has 0 atom stereocenters. The average Bonchev–Trinajstić information content (AvgIpc) is 3.39. The van der Waals surface area contributed by atoms with Crippen LogP contribution in [0, 0.1) is 0 Å². The van der Waals surface area contributed by atoms with Crippen LogP contribution in [0.4, 0.5) is 0 Å². The Morgan fingerprint density at radius 2 is 0.621 bits per heavy atom. The fourth-order valence-electron chi connectivity index (χ4n) is 11.1. The number of nitrogens with zero attached hydrogens (tertiary/aromatic N) is 1. The lowest BCUT2D eigenvalue weighted by Crippen LogP contribution is -1.94. The zero-order valence-electron chi connectivity index (χ0n) is 36.0. The number of rotatable bonds is 4. The van der Waals surface area contributed by atoms with Crippen molar-refractivity contribution >= 4 is 97.1 Å². The predicted molar refractivity (Wildman–Crippen MR) is 284 cm³/mol. The molecular formula is C65H39N. The Labute approximate surface area is 381 Å². The Morgan fingerprint density at radius 1 is 0.212 bits per heavy atom. The molecule has 0 aliphatic rings. The van der Waals surface area contributed by atoms with Crippen LogP contribution in [-0.4, -0.2) is 4.98 Å². The van der Waals surface area contributed by atoms with Crippen molar-refractivity contribution in [1.29, 1.82) is 0 Å². The van der Waals surface area contributed by atoms with E-state index in [1.54, 1.807) is 0 Å². The zero-order valence-corrected chi connectivity index (χ0v) is 36.0. The molecule has 1 aromatic heterocycles. The minimum Gasteiger partial charge on any atom is -0.247 e. The van der Waals surface area contributed by atoms with E-state index in [1.807, 2.05) is 0 Å². The lowest BCUT2D eigenvalue weighted by molar-refractivity contribution is 1.42. The second kappa shape index (κ2) is 14.4. The number of pyridine rings is 1. The summed E-state index contributed by atoms with van der Waals surface area (Å²) in [5.74, 6) is 0. The van der Waals surface area contributed by atoms with E-state index in [0.29, 0.717) is 0 Å². The van der Waals surface area contributed by atoms with Crippen molar-refractivity contribution in [3.05, 3.63) is 237 Å². The van der Waals surface area contributed by atoms with Gasteiger partial charge in [-0.05, 0) is 151 Å². The molecule has 1 heteroatoms. The second-order valence-corrected chi connectivity index (χ2v) is 17.8. The SMILES string of the molecule is c1ccc2c(c1)cc(-c1c3ccccc3c(-c3cc4ccccc4c4ccccc34)c3cc(-c4ccc5cc(-c6ccc7ccc8ccccc8c7n6)ccc5c4)ccc13)c1ccccc12. The third kappa shape index (κ3) is 5.63. The summed E-state index contributed by atoms with van der Waals surface area (Å²) < 4.78 is 0. The van der Waals surface area contributed by atoms with Gasteiger partial charge in [-0.1, -0.05) is 200 Å². The van der Waals surface area contributed by atoms with Crippen LogP contribution in [0.1, 0.15) is 0 Å². The molecule has 14 aromatic rings. The Kier molecular flexibility index (Phi) is 8.05. The number of aromatic nitrogens is 1. The van der Waals surface area contributed by atoms with E-state index >= 15 is 0 Å². The molecule has 0 fully saturated rings. The quantitative estimate of drug-likeness (QED) is 0.127. The van der Waals surface area contributed by atoms with E-state index in [2.05, 4.69) is 237 Å². The molecule has 304 valence electrons. The number of hydrogen-bond donors (Lipinski definition) is 0. The molecule has 1 nitrogen and oxygen atoms in total. The van der Waals surface area contributed by atoms with Crippen molar-refractivity contribution in [1.82, 2.24) is 4.98 Å². The van der Waals surface area contributed by atoms with Gasteiger partial charge < -0.3 is 0 Å². The van der Waals surface area contributed by atoms with E-state index in [9.17, 15) is 0 Å². The molecule has 0 spiro atoms. The van der Waals surface area contributed by atoms with Crippen LogP contribution in [0.25, 0.3) is 142 Å². The third-order valence-electron chi connectivity index (χ3n) is 14.2. The van der Waals surface area contributed by atoms with Crippen LogP contribution in [0.2, 0.25) is 0 Å². The van der Waals surface area contributed by atoms with E-state index < -0.39 is 0 Å². The molecule has 1 heterocycles. The highest BCUT2D eigenvalue weighted by atomic mass is 14.7. The predicted octanol–water partition coefficient (Wildman–Crippen LogP) is 18.1. The van der Waals surface area contributed by atoms with Crippen LogP contribution in [-0.2, 0) is 0 Å². The first-order valence-corrected chi connectivity index (χ1v) is 22.9. The summed E-state index contributed by atoms with van der Waals surface area (Å²) in [6.07, 6.45) is 0. The maximum Gasteiger partial charge on any atom is 0.0787 e. The molecule has 0 amide bonds. The van der Waals surface area contributed by atoms with Crippen LogP contribution in [0.5, 0.6) is 0 Å². The fourth-order valence-corrected chi connectivity index (χ4v) is 11.1. The van der Waals surface area contributed by atoms with E-state index in [1.165, 1.54) is 120 Å². The van der Waals surface area contributed by atoms with Gasteiger partial charge in [0.1, 0.15) is 0 Å². The highest BCUT2D eigenvalue weighted by Gasteiger charge is 2.22. The first-order chi connectivity index (χ1) is 32.7. The molecule has 0 saturated carbocycles. The summed E-state index contributed by atoms with van der Waals surface area (Å²) in [6, 6.07) is 87.6. The number of hydrogen-bond acceptors (Lipinski definition) is 1. The van der Waals surface area contributed by atoms with E-state index in [-0.39, 0.29) is 0 Å². The third-order valence-corrected chi connectivity index (χ3v) is 14.2. The largest absolute Gasteiger partial charge is 0.247 e.